The van der Waals surface area contributed by atoms with Crippen molar-refractivity contribution in [3.63, 3.8) is 0 Å². The Kier molecular flexibility index (Phi) is 7.55. The van der Waals surface area contributed by atoms with E-state index in [1.165, 1.54) is 44.3 Å². The minimum Gasteiger partial charge on any atom is -0.454 e. The summed E-state index contributed by atoms with van der Waals surface area (Å²) in [6.45, 7) is 4.70. The van der Waals surface area contributed by atoms with Gasteiger partial charge in [0, 0.05) is 27.9 Å². The molecule has 270 valence electrons. The van der Waals surface area contributed by atoms with Crippen LogP contribution in [0.4, 0.5) is 17.1 Å². The topological polar surface area (TPSA) is 12.5 Å². The zero-order chi connectivity index (χ0) is 38.1. The van der Waals surface area contributed by atoms with Gasteiger partial charge in [0.15, 0.2) is 5.75 Å². The van der Waals surface area contributed by atoms with Crippen molar-refractivity contribution in [1.82, 2.24) is 0 Å². The number of rotatable bonds is 5. The van der Waals surface area contributed by atoms with E-state index in [-0.39, 0.29) is 5.41 Å². The Balaban J connectivity index is 1.17. The predicted molar refractivity (Wildman–Crippen MR) is 238 cm³/mol. The van der Waals surface area contributed by atoms with Crippen LogP contribution in [0.3, 0.4) is 0 Å². The number of benzene rings is 9. The van der Waals surface area contributed by atoms with Crippen LogP contribution in [0.15, 0.2) is 200 Å². The van der Waals surface area contributed by atoms with Crippen LogP contribution in [0.25, 0.3) is 66.4 Å². The van der Waals surface area contributed by atoms with E-state index in [0.717, 1.165) is 61.8 Å². The lowest BCUT2D eigenvalue weighted by molar-refractivity contribution is 0.489. The van der Waals surface area contributed by atoms with Gasteiger partial charge in [0.1, 0.15) is 5.75 Å². The summed E-state index contributed by atoms with van der Waals surface area (Å²) in [5, 5.41) is 2.33. The van der Waals surface area contributed by atoms with Gasteiger partial charge in [-0.15, -0.1) is 0 Å². The number of fused-ring (bicyclic) bond motifs is 9. The minimum atomic E-state index is -0.154. The third-order valence-electron chi connectivity index (χ3n) is 12.0. The fourth-order valence-electron chi connectivity index (χ4n) is 9.17. The van der Waals surface area contributed by atoms with Crippen molar-refractivity contribution in [3.05, 3.63) is 211 Å². The second-order valence-electron chi connectivity index (χ2n) is 15.7. The summed E-state index contributed by atoms with van der Waals surface area (Å²) < 4.78 is 7.35. The number of hydrogen-bond acceptors (Lipinski definition) is 2. The first kappa shape index (κ1) is 33.2. The third kappa shape index (κ3) is 5.40. The number of nitrogens with zero attached hydrogens (tertiary/aromatic N) is 1. The van der Waals surface area contributed by atoms with Crippen LogP contribution < -0.4 is 9.64 Å². The van der Waals surface area contributed by atoms with Crippen molar-refractivity contribution >= 4 is 27.8 Å². The van der Waals surface area contributed by atoms with Gasteiger partial charge in [-0.2, -0.15) is 0 Å². The molecule has 0 aromatic heterocycles. The van der Waals surface area contributed by atoms with Crippen LogP contribution in [0, 0.1) is 0 Å². The van der Waals surface area contributed by atoms with Gasteiger partial charge in [0.05, 0.1) is 5.69 Å². The van der Waals surface area contributed by atoms with E-state index in [1.807, 2.05) is 0 Å². The highest BCUT2D eigenvalue weighted by Gasteiger charge is 2.36. The molecule has 0 saturated heterocycles. The van der Waals surface area contributed by atoms with Gasteiger partial charge in [0.25, 0.3) is 0 Å². The minimum absolute atomic E-state index is 0.154. The van der Waals surface area contributed by atoms with Crippen molar-refractivity contribution in [1.29, 1.82) is 0 Å². The van der Waals surface area contributed by atoms with Crippen molar-refractivity contribution < 1.29 is 4.74 Å². The van der Waals surface area contributed by atoms with Gasteiger partial charge in [-0.05, 0) is 115 Å². The fraction of sp³-hybridized carbons (Fsp3) is 0.0545. The molecule has 2 nitrogen and oxygen atoms in total. The number of para-hydroxylation sites is 1. The molecule has 57 heavy (non-hydrogen) atoms. The predicted octanol–water partition coefficient (Wildman–Crippen LogP) is 15.4. The fourth-order valence-corrected chi connectivity index (χ4v) is 9.17. The molecular formula is C55H39NO. The zero-order valence-corrected chi connectivity index (χ0v) is 31.9. The molecule has 9 aromatic rings. The molecule has 1 aliphatic heterocycles. The second kappa shape index (κ2) is 13.0. The van der Waals surface area contributed by atoms with Crippen LogP contribution in [-0.2, 0) is 5.41 Å². The van der Waals surface area contributed by atoms with Crippen molar-refractivity contribution in [2.45, 2.75) is 19.3 Å². The standard InChI is InChI=1S/C55H39NO/c1-55(2)50-25-12-11-23-45(50)46-30-28-43(35-51(46)55)56(42-22-13-21-38(31-42)36-15-5-3-6-16-36)52-26-14-24-47-44-29-27-41(37-17-7-4-8-18-37)32-48(44)49-33-39-19-9-10-20-40(39)34-53(49)57-54(47)52/h3-35H,1-2H3. The van der Waals surface area contributed by atoms with Crippen LogP contribution >= 0.6 is 0 Å². The van der Waals surface area contributed by atoms with Gasteiger partial charge < -0.3 is 9.64 Å². The summed E-state index contributed by atoms with van der Waals surface area (Å²) in [5.74, 6) is 1.67. The van der Waals surface area contributed by atoms with Crippen molar-refractivity contribution in [3.8, 4) is 67.1 Å². The molecule has 0 bridgehead atoms. The normalized spacial score (nSPS) is 13.0. The van der Waals surface area contributed by atoms with E-state index in [1.54, 1.807) is 0 Å². The molecule has 1 heterocycles. The Bertz CT molecular complexity index is 3020. The first-order valence-electron chi connectivity index (χ1n) is 19.8. The molecule has 0 atom stereocenters. The molecule has 0 N–H and O–H groups in total. The number of hydrogen-bond donors (Lipinski definition) is 0. The maximum absolute atomic E-state index is 7.35. The van der Waals surface area contributed by atoms with Gasteiger partial charge in [-0.3, -0.25) is 0 Å². The smallest absolute Gasteiger partial charge is 0.159 e. The highest BCUT2D eigenvalue weighted by atomic mass is 16.5. The summed E-state index contributed by atoms with van der Waals surface area (Å²) in [6, 6.07) is 72.6. The molecule has 0 spiro atoms. The van der Waals surface area contributed by atoms with Crippen LogP contribution in [0.2, 0.25) is 0 Å². The van der Waals surface area contributed by atoms with Crippen LogP contribution in [-0.4, -0.2) is 0 Å². The molecule has 2 heteroatoms. The van der Waals surface area contributed by atoms with Gasteiger partial charge in [-0.1, -0.05) is 166 Å². The second-order valence-corrected chi connectivity index (χ2v) is 15.7. The number of anilines is 3. The average Bonchev–Trinajstić information content (AvgIpc) is 3.40. The highest BCUT2D eigenvalue weighted by Crippen LogP contribution is 2.55. The maximum Gasteiger partial charge on any atom is 0.159 e. The van der Waals surface area contributed by atoms with Gasteiger partial charge in [0.2, 0.25) is 0 Å². The highest BCUT2D eigenvalue weighted by molar-refractivity contribution is 6.00. The first-order chi connectivity index (χ1) is 28.0. The Morgan fingerprint density at radius 1 is 0.368 bits per heavy atom. The Labute approximate surface area is 333 Å². The lowest BCUT2D eigenvalue weighted by Crippen LogP contribution is -2.17. The summed E-state index contributed by atoms with van der Waals surface area (Å²) in [6.07, 6.45) is 0. The lowest BCUT2D eigenvalue weighted by Gasteiger charge is -2.30. The number of ether oxygens (including phenoxy) is 1. The zero-order valence-electron chi connectivity index (χ0n) is 31.9. The summed E-state index contributed by atoms with van der Waals surface area (Å²) >= 11 is 0. The van der Waals surface area contributed by atoms with Crippen LogP contribution in [0.1, 0.15) is 25.0 Å². The average molecular weight is 730 g/mol. The van der Waals surface area contributed by atoms with Crippen LogP contribution in [0.5, 0.6) is 11.5 Å². The molecule has 11 rings (SSSR count). The molecule has 1 aliphatic carbocycles. The van der Waals surface area contributed by atoms with E-state index < -0.39 is 0 Å². The molecule has 0 radical (unpaired) electrons. The van der Waals surface area contributed by atoms with Gasteiger partial charge in [-0.25, -0.2) is 0 Å². The maximum atomic E-state index is 7.35. The van der Waals surface area contributed by atoms with Gasteiger partial charge >= 0.3 is 0 Å². The molecular weight excluding hydrogens is 691 g/mol. The molecule has 2 aliphatic rings. The summed E-state index contributed by atoms with van der Waals surface area (Å²) in [7, 11) is 0. The monoisotopic (exact) mass is 729 g/mol. The van der Waals surface area contributed by atoms with Crippen molar-refractivity contribution in [2.24, 2.45) is 0 Å². The molecule has 0 saturated carbocycles. The summed E-state index contributed by atoms with van der Waals surface area (Å²) in [5.41, 5.74) is 17.4. The molecule has 9 aromatic carbocycles. The van der Waals surface area contributed by atoms with E-state index in [0.29, 0.717) is 0 Å². The Hall–Kier alpha value is -7.16. The Morgan fingerprint density at radius 3 is 1.75 bits per heavy atom. The quantitative estimate of drug-likeness (QED) is 0.175. The van der Waals surface area contributed by atoms with Crippen molar-refractivity contribution in [2.75, 3.05) is 4.90 Å². The molecule has 0 unspecified atom stereocenters. The Morgan fingerprint density at radius 2 is 0.965 bits per heavy atom. The lowest BCUT2D eigenvalue weighted by atomic mass is 9.82. The summed E-state index contributed by atoms with van der Waals surface area (Å²) in [4.78, 5) is 2.40. The van der Waals surface area contributed by atoms with E-state index in [9.17, 15) is 0 Å². The SMILES string of the molecule is CC1(C)c2ccccc2-c2ccc(N(c3cccc(-c4ccccc4)c3)c3cccc4c3Oc3cc5ccccc5cc3-c3cc(-c5ccccc5)ccc3-4)cc21. The molecule has 0 fully saturated rings. The molecule has 0 amide bonds. The van der Waals surface area contributed by atoms with E-state index >= 15 is 0 Å². The van der Waals surface area contributed by atoms with E-state index in [2.05, 4.69) is 219 Å². The third-order valence-corrected chi connectivity index (χ3v) is 12.0. The van der Waals surface area contributed by atoms with E-state index in [4.69, 9.17) is 4.74 Å². The first-order valence-corrected chi connectivity index (χ1v) is 19.8. The largest absolute Gasteiger partial charge is 0.454 e.